The molecule has 136 valence electrons. The van der Waals surface area contributed by atoms with Crippen LogP contribution in [0, 0.1) is 13.8 Å². The smallest absolute Gasteiger partial charge is 0.187 e. The van der Waals surface area contributed by atoms with Gasteiger partial charge < -0.3 is 14.5 Å². The number of allylic oxidation sites excluding steroid dienone is 1. The van der Waals surface area contributed by atoms with E-state index in [0.717, 1.165) is 48.7 Å². The first kappa shape index (κ1) is 18.1. The number of aryl methyl sites for hydroxylation is 2. The highest BCUT2D eigenvalue weighted by Gasteiger charge is 2.18. The molecule has 0 amide bonds. The fourth-order valence-electron chi connectivity index (χ4n) is 3.36. The van der Waals surface area contributed by atoms with Crippen molar-refractivity contribution >= 4 is 11.5 Å². The molecule has 1 fully saturated rings. The van der Waals surface area contributed by atoms with Crippen molar-refractivity contribution in [3.8, 4) is 5.75 Å². The Balaban J connectivity index is 1.60. The quantitative estimate of drug-likeness (QED) is 0.606. The standard InChI is InChI=1S/C22H26N2O2/c1-17-8-9-19(18(2)16-17)21(25)10-11-23-12-14-24(15-13-23)20-6-4-5-7-22(20)26-3/h4-11,16H,12-15H2,1-3H3/b11-10-. The fraction of sp³-hybridized carbons (Fsp3) is 0.318. The predicted octanol–water partition coefficient (Wildman–Crippen LogP) is 3.83. The van der Waals surface area contributed by atoms with Gasteiger partial charge in [-0.3, -0.25) is 4.79 Å². The maximum atomic E-state index is 12.4. The van der Waals surface area contributed by atoms with Gasteiger partial charge in [-0.05, 0) is 31.5 Å². The zero-order valence-electron chi connectivity index (χ0n) is 15.7. The van der Waals surface area contributed by atoms with Gasteiger partial charge in [0, 0.05) is 44.0 Å². The van der Waals surface area contributed by atoms with Gasteiger partial charge in [-0.1, -0.05) is 35.9 Å². The number of ketones is 1. The van der Waals surface area contributed by atoms with Crippen molar-refractivity contribution < 1.29 is 9.53 Å². The van der Waals surface area contributed by atoms with Crippen LogP contribution < -0.4 is 9.64 Å². The molecule has 3 rings (SSSR count). The highest BCUT2D eigenvalue weighted by atomic mass is 16.5. The molecule has 0 atom stereocenters. The number of carbonyl (C=O) groups is 1. The molecule has 26 heavy (non-hydrogen) atoms. The molecule has 0 radical (unpaired) electrons. The molecule has 0 saturated carbocycles. The van der Waals surface area contributed by atoms with Gasteiger partial charge in [0.05, 0.1) is 12.8 Å². The number of hydrogen-bond donors (Lipinski definition) is 0. The SMILES string of the molecule is COc1ccccc1N1CCN(/C=C\C(=O)c2ccc(C)cc2C)CC1. The lowest BCUT2D eigenvalue weighted by atomic mass is 10.0. The number of piperazine rings is 1. The normalized spacial score (nSPS) is 14.7. The summed E-state index contributed by atoms with van der Waals surface area (Å²) in [5.74, 6) is 0.969. The Morgan fingerprint density at radius 3 is 2.46 bits per heavy atom. The summed E-state index contributed by atoms with van der Waals surface area (Å²) >= 11 is 0. The number of hydrogen-bond acceptors (Lipinski definition) is 4. The van der Waals surface area contributed by atoms with Crippen molar-refractivity contribution in [3.63, 3.8) is 0 Å². The summed E-state index contributed by atoms with van der Waals surface area (Å²) in [4.78, 5) is 17.0. The van der Waals surface area contributed by atoms with Crippen molar-refractivity contribution in [2.75, 3.05) is 38.2 Å². The molecule has 1 heterocycles. The summed E-state index contributed by atoms with van der Waals surface area (Å²) in [6, 6.07) is 14.1. The average molecular weight is 350 g/mol. The van der Waals surface area contributed by atoms with Gasteiger partial charge in [0.2, 0.25) is 0 Å². The first-order chi connectivity index (χ1) is 12.6. The van der Waals surface area contributed by atoms with Crippen LogP contribution in [0.2, 0.25) is 0 Å². The molecule has 0 aromatic heterocycles. The molecular formula is C22H26N2O2. The van der Waals surface area contributed by atoms with Crippen LogP contribution in [0.3, 0.4) is 0 Å². The van der Waals surface area contributed by atoms with Gasteiger partial charge in [0.25, 0.3) is 0 Å². The van der Waals surface area contributed by atoms with Gasteiger partial charge in [-0.15, -0.1) is 0 Å². The second kappa shape index (κ2) is 8.09. The molecule has 0 bridgehead atoms. The number of carbonyl (C=O) groups excluding carboxylic acids is 1. The monoisotopic (exact) mass is 350 g/mol. The van der Waals surface area contributed by atoms with Gasteiger partial charge in [0.15, 0.2) is 5.78 Å². The molecule has 1 aliphatic heterocycles. The fourth-order valence-corrected chi connectivity index (χ4v) is 3.36. The third-order valence-corrected chi connectivity index (χ3v) is 4.82. The summed E-state index contributed by atoms with van der Waals surface area (Å²) in [6.45, 7) is 7.60. The van der Waals surface area contributed by atoms with E-state index >= 15 is 0 Å². The molecule has 0 unspecified atom stereocenters. The van der Waals surface area contributed by atoms with Crippen LogP contribution in [-0.2, 0) is 0 Å². The van der Waals surface area contributed by atoms with E-state index in [1.807, 2.05) is 56.4 Å². The number of para-hydroxylation sites is 2. The second-order valence-corrected chi connectivity index (χ2v) is 6.69. The molecule has 0 spiro atoms. The number of nitrogens with zero attached hydrogens (tertiary/aromatic N) is 2. The Hall–Kier alpha value is -2.75. The van der Waals surface area contributed by atoms with Crippen LogP contribution in [-0.4, -0.2) is 44.0 Å². The topological polar surface area (TPSA) is 32.8 Å². The van der Waals surface area contributed by atoms with Crippen molar-refractivity contribution in [2.24, 2.45) is 0 Å². The summed E-state index contributed by atoms with van der Waals surface area (Å²) < 4.78 is 5.46. The van der Waals surface area contributed by atoms with E-state index in [-0.39, 0.29) is 5.78 Å². The van der Waals surface area contributed by atoms with Gasteiger partial charge in [0.1, 0.15) is 5.75 Å². The first-order valence-electron chi connectivity index (χ1n) is 9.00. The minimum absolute atomic E-state index is 0.0645. The third kappa shape index (κ3) is 4.07. The van der Waals surface area contributed by atoms with E-state index in [2.05, 4.69) is 15.9 Å². The van der Waals surface area contributed by atoms with Crippen molar-refractivity contribution in [1.82, 2.24) is 4.90 Å². The summed E-state index contributed by atoms with van der Waals surface area (Å²) in [7, 11) is 1.70. The Labute approximate surface area is 155 Å². The van der Waals surface area contributed by atoms with Crippen LogP contribution >= 0.6 is 0 Å². The Bertz CT molecular complexity index is 806. The van der Waals surface area contributed by atoms with E-state index < -0.39 is 0 Å². The van der Waals surface area contributed by atoms with Crippen LogP contribution in [0.5, 0.6) is 5.75 Å². The summed E-state index contributed by atoms with van der Waals surface area (Å²) in [6.07, 6.45) is 3.62. The van der Waals surface area contributed by atoms with Crippen LogP contribution in [0.1, 0.15) is 21.5 Å². The highest BCUT2D eigenvalue weighted by molar-refractivity contribution is 6.05. The minimum Gasteiger partial charge on any atom is -0.495 e. The first-order valence-corrected chi connectivity index (χ1v) is 9.00. The maximum Gasteiger partial charge on any atom is 0.187 e. The van der Waals surface area contributed by atoms with Crippen LogP contribution in [0.25, 0.3) is 0 Å². The molecule has 2 aromatic carbocycles. The van der Waals surface area contributed by atoms with Crippen LogP contribution in [0.15, 0.2) is 54.7 Å². The molecule has 1 aliphatic rings. The van der Waals surface area contributed by atoms with Crippen molar-refractivity contribution in [3.05, 3.63) is 71.4 Å². The molecule has 1 saturated heterocycles. The van der Waals surface area contributed by atoms with Gasteiger partial charge >= 0.3 is 0 Å². The highest BCUT2D eigenvalue weighted by Crippen LogP contribution is 2.28. The Morgan fingerprint density at radius 2 is 1.77 bits per heavy atom. The molecule has 4 heteroatoms. The zero-order chi connectivity index (χ0) is 18.5. The zero-order valence-corrected chi connectivity index (χ0v) is 15.7. The number of anilines is 1. The molecule has 0 aliphatic carbocycles. The van der Waals surface area contributed by atoms with Gasteiger partial charge in [-0.2, -0.15) is 0 Å². The lowest BCUT2D eigenvalue weighted by molar-refractivity contribution is 0.104. The van der Waals surface area contributed by atoms with Gasteiger partial charge in [-0.25, -0.2) is 0 Å². The second-order valence-electron chi connectivity index (χ2n) is 6.69. The average Bonchev–Trinajstić information content (AvgIpc) is 2.66. The Kier molecular flexibility index (Phi) is 5.61. The molecule has 0 N–H and O–H groups in total. The van der Waals surface area contributed by atoms with E-state index in [9.17, 15) is 4.79 Å². The number of rotatable bonds is 5. The lowest BCUT2D eigenvalue weighted by Gasteiger charge is -2.36. The van der Waals surface area contributed by atoms with E-state index in [0.29, 0.717) is 0 Å². The molecule has 4 nitrogen and oxygen atoms in total. The van der Waals surface area contributed by atoms with Crippen LogP contribution in [0.4, 0.5) is 5.69 Å². The Morgan fingerprint density at radius 1 is 1.04 bits per heavy atom. The van der Waals surface area contributed by atoms with Crippen molar-refractivity contribution in [1.29, 1.82) is 0 Å². The summed E-state index contributed by atoms with van der Waals surface area (Å²) in [5.41, 5.74) is 4.11. The van der Waals surface area contributed by atoms with E-state index in [1.165, 1.54) is 5.56 Å². The third-order valence-electron chi connectivity index (χ3n) is 4.82. The number of ether oxygens (including phenoxy) is 1. The van der Waals surface area contributed by atoms with E-state index in [1.54, 1.807) is 13.2 Å². The lowest BCUT2D eigenvalue weighted by Crippen LogP contribution is -2.44. The number of benzene rings is 2. The largest absolute Gasteiger partial charge is 0.495 e. The maximum absolute atomic E-state index is 12.4. The summed E-state index contributed by atoms with van der Waals surface area (Å²) in [5, 5.41) is 0. The minimum atomic E-state index is 0.0645. The predicted molar refractivity (Wildman–Crippen MR) is 106 cm³/mol. The number of methoxy groups -OCH3 is 1. The van der Waals surface area contributed by atoms with E-state index in [4.69, 9.17) is 4.74 Å². The molecular weight excluding hydrogens is 324 g/mol. The molecule has 2 aromatic rings. The van der Waals surface area contributed by atoms with Crippen molar-refractivity contribution in [2.45, 2.75) is 13.8 Å².